The normalized spacial score (nSPS) is 10.7. The van der Waals surface area contributed by atoms with E-state index < -0.39 is 5.82 Å². The van der Waals surface area contributed by atoms with Crippen molar-refractivity contribution in [2.45, 2.75) is 33.0 Å². The van der Waals surface area contributed by atoms with E-state index in [1.54, 1.807) is 6.07 Å². The molecule has 1 aromatic carbocycles. The van der Waals surface area contributed by atoms with Gasteiger partial charge in [-0.05, 0) is 24.1 Å². The molecule has 0 aliphatic carbocycles. The Hall–Kier alpha value is -1.95. The molecule has 2 rings (SSSR count). The lowest BCUT2D eigenvalue weighted by Gasteiger charge is -2.05. The van der Waals surface area contributed by atoms with Crippen LogP contribution < -0.4 is 4.74 Å². The van der Waals surface area contributed by atoms with Crippen LogP contribution >= 0.6 is 0 Å². The van der Waals surface area contributed by atoms with Crippen molar-refractivity contribution in [3.8, 4) is 5.75 Å². The lowest BCUT2D eigenvalue weighted by atomic mass is 10.2. The first-order valence-corrected chi connectivity index (χ1v) is 6.06. The van der Waals surface area contributed by atoms with Gasteiger partial charge in [0.05, 0.1) is 6.61 Å². The quantitative estimate of drug-likeness (QED) is 0.868. The number of ether oxygens (including phenoxy) is 1. The van der Waals surface area contributed by atoms with Crippen molar-refractivity contribution in [1.82, 2.24) is 10.1 Å². The van der Waals surface area contributed by atoms with Crippen LogP contribution in [0.15, 0.2) is 22.7 Å². The second kappa shape index (κ2) is 6.29. The van der Waals surface area contributed by atoms with Crippen LogP contribution in [0.2, 0.25) is 0 Å². The predicted octanol–water partition coefficient (Wildman–Crippen LogP) is 2.23. The number of hydrogen-bond donors (Lipinski definition) is 1. The van der Waals surface area contributed by atoms with Gasteiger partial charge in [-0.25, -0.2) is 4.39 Å². The highest BCUT2D eigenvalue weighted by Gasteiger charge is 2.07. The Morgan fingerprint density at radius 2 is 2.21 bits per heavy atom. The Balaban J connectivity index is 1.99. The third-order valence-corrected chi connectivity index (χ3v) is 2.46. The molecule has 0 unspecified atom stereocenters. The summed E-state index contributed by atoms with van der Waals surface area (Å²) in [7, 11) is 0. The summed E-state index contributed by atoms with van der Waals surface area (Å²) in [6.45, 7) is 1.86. The Bertz CT molecular complexity index is 542. The fourth-order valence-corrected chi connectivity index (χ4v) is 1.61. The number of halogens is 1. The van der Waals surface area contributed by atoms with E-state index in [1.807, 2.05) is 6.92 Å². The lowest BCUT2D eigenvalue weighted by molar-refractivity contribution is 0.240. The number of aliphatic hydroxyl groups excluding tert-OH is 1. The summed E-state index contributed by atoms with van der Waals surface area (Å²) < 4.78 is 23.6. The third-order valence-electron chi connectivity index (χ3n) is 2.46. The number of aromatic nitrogens is 2. The topological polar surface area (TPSA) is 68.4 Å². The van der Waals surface area contributed by atoms with Crippen LogP contribution in [0.5, 0.6) is 5.75 Å². The number of hydrogen-bond acceptors (Lipinski definition) is 5. The zero-order valence-corrected chi connectivity index (χ0v) is 10.6. The molecule has 19 heavy (non-hydrogen) atoms. The smallest absolute Gasteiger partial charge is 0.264 e. The Morgan fingerprint density at radius 1 is 1.37 bits per heavy atom. The molecule has 0 aliphatic rings. The monoisotopic (exact) mass is 266 g/mol. The van der Waals surface area contributed by atoms with E-state index in [0.29, 0.717) is 23.0 Å². The number of aliphatic hydroxyl groups is 1. The van der Waals surface area contributed by atoms with Gasteiger partial charge in [-0.2, -0.15) is 4.98 Å². The molecule has 0 saturated heterocycles. The molecule has 102 valence electrons. The third kappa shape index (κ3) is 3.75. The summed E-state index contributed by atoms with van der Waals surface area (Å²) in [6.07, 6.45) is 1.68. The summed E-state index contributed by atoms with van der Waals surface area (Å²) in [4.78, 5) is 4.13. The van der Waals surface area contributed by atoms with Crippen molar-refractivity contribution >= 4 is 0 Å². The first-order chi connectivity index (χ1) is 9.21. The second-order valence-corrected chi connectivity index (χ2v) is 4.10. The van der Waals surface area contributed by atoms with Crippen LogP contribution in [0.3, 0.4) is 0 Å². The first-order valence-electron chi connectivity index (χ1n) is 6.06. The summed E-state index contributed by atoms with van der Waals surface area (Å²) >= 11 is 0. The lowest BCUT2D eigenvalue weighted by Crippen LogP contribution is -1.98. The van der Waals surface area contributed by atoms with Gasteiger partial charge in [0.1, 0.15) is 11.6 Å². The predicted molar refractivity (Wildman–Crippen MR) is 64.9 cm³/mol. The molecule has 1 heterocycles. The van der Waals surface area contributed by atoms with Gasteiger partial charge in [-0.1, -0.05) is 12.1 Å². The Morgan fingerprint density at radius 3 is 2.95 bits per heavy atom. The van der Waals surface area contributed by atoms with Gasteiger partial charge in [0.25, 0.3) is 5.89 Å². The van der Waals surface area contributed by atoms with Crippen molar-refractivity contribution in [3.63, 3.8) is 0 Å². The molecule has 0 fully saturated rings. The highest BCUT2D eigenvalue weighted by molar-refractivity contribution is 5.29. The van der Waals surface area contributed by atoms with Gasteiger partial charge in [0, 0.05) is 12.5 Å². The number of nitrogens with zero attached hydrogens (tertiary/aromatic N) is 2. The largest absolute Gasteiger partial charge is 0.484 e. The molecule has 0 bridgehead atoms. The van der Waals surface area contributed by atoms with E-state index in [4.69, 9.17) is 14.4 Å². The molecule has 2 aromatic rings. The summed E-state index contributed by atoms with van der Waals surface area (Å²) in [6, 6.07) is 4.05. The van der Waals surface area contributed by atoms with E-state index in [1.165, 1.54) is 12.1 Å². The fraction of sp³-hybridized carbons (Fsp3) is 0.385. The molecule has 0 saturated carbocycles. The van der Waals surface area contributed by atoms with Crippen LogP contribution in [-0.2, 0) is 19.6 Å². The van der Waals surface area contributed by atoms with Crippen molar-refractivity contribution in [2.24, 2.45) is 0 Å². The van der Waals surface area contributed by atoms with Crippen LogP contribution in [0.4, 0.5) is 4.39 Å². The summed E-state index contributed by atoms with van der Waals surface area (Å²) in [5, 5.41) is 12.8. The van der Waals surface area contributed by atoms with Gasteiger partial charge >= 0.3 is 0 Å². The van der Waals surface area contributed by atoms with Gasteiger partial charge < -0.3 is 14.4 Å². The minimum Gasteiger partial charge on any atom is -0.484 e. The van der Waals surface area contributed by atoms with Gasteiger partial charge in [-0.15, -0.1) is 0 Å². The molecule has 0 atom stereocenters. The minimum atomic E-state index is -0.459. The Kier molecular flexibility index (Phi) is 4.46. The zero-order chi connectivity index (χ0) is 13.7. The second-order valence-electron chi connectivity index (χ2n) is 4.10. The summed E-state index contributed by atoms with van der Waals surface area (Å²) in [5.41, 5.74) is 0.451. The highest BCUT2D eigenvalue weighted by atomic mass is 19.1. The standard InChI is InChI=1S/C13H15FN2O3/c1-2-3-12-15-13(19-16-12)8-18-11-5-9(7-17)4-10(14)6-11/h4-6,17H,2-3,7-8H2,1H3. The van der Waals surface area contributed by atoms with Crippen LogP contribution in [0, 0.1) is 5.82 Å². The van der Waals surface area contributed by atoms with Crippen LogP contribution in [-0.4, -0.2) is 15.2 Å². The zero-order valence-electron chi connectivity index (χ0n) is 10.6. The molecule has 6 heteroatoms. The van der Waals surface area contributed by atoms with Crippen LogP contribution in [0.1, 0.15) is 30.6 Å². The molecule has 0 amide bonds. The van der Waals surface area contributed by atoms with E-state index in [-0.39, 0.29) is 13.2 Å². The number of rotatable bonds is 6. The van der Waals surface area contributed by atoms with Crippen LogP contribution in [0.25, 0.3) is 0 Å². The molecule has 1 N–H and O–H groups in total. The maximum Gasteiger partial charge on any atom is 0.264 e. The SMILES string of the molecule is CCCc1noc(COc2cc(F)cc(CO)c2)n1. The van der Waals surface area contributed by atoms with E-state index in [0.717, 1.165) is 12.8 Å². The van der Waals surface area contributed by atoms with E-state index in [9.17, 15) is 4.39 Å². The molecule has 0 aliphatic heterocycles. The fourth-order valence-electron chi connectivity index (χ4n) is 1.61. The summed E-state index contributed by atoms with van der Waals surface area (Å²) in [5.74, 6) is 0.840. The average Bonchev–Trinajstić information content (AvgIpc) is 2.84. The molecular formula is C13H15FN2O3. The van der Waals surface area contributed by atoms with Crippen molar-refractivity contribution in [2.75, 3.05) is 0 Å². The highest BCUT2D eigenvalue weighted by Crippen LogP contribution is 2.17. The first kappa shape index (κ1) is 13.5. The molecule has 1 aromatic heterocycles. The van der Waals surface area contributed by atoms with Crippen molar-refractivity contribution in [1.29, 1.82) is 0 Å². The molecule has 5 nitrogen and oxygen atoms in total. The maximum absolute atomic E-state index is 13.2. The number of aryl methyl sites for hydroxylation is 1. The van der Waals surface area contributed by atoms with Gasteiger partial charge in [-0.3, -0.25) is 0 Å². The minimum absolute atomic E-state index is 0.0744. The molecular weight excluding hydrogens is 251 g/mol. The van der Waals surface area contributed by atoms with E-state index >= 15 is 0 Å². The molecule has 0 spiro atoms. The van der Waals surface area contributed by atoms with Crippen molar-refractivity contribution < 1.29 is 18.8 Å². The average molecular weight is 266 g/mol. The van der Waals surface area contributed by atoms with Gasteiger partial charge in [0.2, 0.25) is 0 Å². The van der Waals surface area contributed by atoms with E-state index in [2.05, 4.69) is 10.1 Å². The molecule has 0 radical (unpaired) electrons. The Labute approximate surface area is 110 Å². The number of benzene rings is 1. The van der Waals surface area contributed by atoms with Crippen molar-refractivity contribution in [3.05, 3.63) is 41.3 Å². The maximum atomic E-state index is 13.2. The van der Waals surface area contributed by atoms with Gasteiger partial charge in [0.15, 0.2) is 12.4 Å².